The molecule has 1 aromatic carbocycles. The Balaban J connectivity index is 2.85. The summed E-state index contributed by atoms with van der Waals surface area (Å²) in [4.78, 5) is 23.8. The minimum Gasteiger partial charge on any atom is -0.329 e. The Hall–Kier alpha value is -1.88. The Bertz CT molecular complexity index is 488. The molecule has 0 atom stereocenters. The number of carbonyl (C=O) groups excluding carboxylic acids is 2. The van der Waals surface area contributed by atoms with Crippen molar-refractivity contribution >= 4 is 23.2 Å². The van der Waals surface area contributed by atoms with Gasteiger partial charge in [0.1, 0.15) is 0 Å². The van der Waals surface area contributed by atoms with Gasteiger partial charge in [-0.3, -0.25) is 9.59 Å². The van der Waals surface area contributed by atoms with Crippen molar-refractivity contribution in [3.63, 3.8) is 0 Å². The lowest BCUT2D eigenvalue weighted by molar-refractivity contribution is -0.125. The monoisotopic (exact) mass is 291 g/mol. The predicted octanol–water partition coefficient (Wildman–Crippen LogP) is 2.74. The third-order valence-electron chi connectivity index (χ3n) is 3.95. The van der Waals surface area contributed by atoms with Crippen LogP contribution in [0.3, 0.4) is 0 Å². The van der Waals surface area contributed by atoms with Gasteiger partial charge in [-0.25, -0.2) is 0 Å². The quantitative estimate of drug-likeness (QED) is 0.722. The average molecular weight is 291 g/mol. The molecule has 0 radical (unpaired) electrons. The molecule has 0 aliphatic rings. The van der Waals surface area contributed by atoms with Crippen LogP contribution < -0.4 is 16.4 Å². The molecule has 0 aliphatic heterocycles. The minimum absolute atomic E-state index is 0.0584. The highest BCUT2D eigenvalue weighted by molar-refractivity contribution is 5.97. The van der Waals surface area contributed by atoms with E-state index < -0.39 is 5.41 Å². The molecule has 116 valence electrons. The van der Waals surface area contributed by atoms with E-state index in [1.807, 2.05) is 13.8 Å². The van der Waals surface area contributed by atoms with Crippen molar-refractivity contribution < 1.29 is 9.59 Å². The van der Waals surface area contributed by atoms with E-state index in [0.29, 0.717) is 37.2 Å². The van der Waals surface area contributed by atoms with Gasteiger partial charge in [0, 0.05) is 24.3 Å². The number of anilines is 2. The average Bonchev–Trinajstić information content (AvgIpc) is 2.50. The molecule has 0 aliphatic carbocycles. The number of hydrogen-bond acceptors (Lipinski definition) is 3. The van der Waals surface area contributed by atoms with E-state index in [0.717, 1.165) is 0 Å². The molecule has 0 unspecified atom stereocenters. The van der Waals surface area contributed by atoms with Gasteiger partial charge in [-0.2, -0.15) is 0 Å². The summed E-state index contributed by atoms with van der Waals surface area (Å²) in [6.45, 7) is 6.04. The summed E-state index contributed by atoms with van der Waals surface area (Å²) in [5.41, 5.74) is 6.57. The van der Waals surface area contributed by atoms with E-state index in [-0.39, 0.29) is 11.8 Å². The first-order chi connectivity index (χ1) is 10.0. The highest BCUT2D eigenvalue weighted by atomic mass is 16.2. The number of benzene rings is 1. The van der Waals surface area contributed by atoms with Crippen molar-refractivity contribution in [2.24, 2.45) is 11.1 Å². The molecular weight excluding hydrogens is 266 g/mol. The summed E-state index contributed by atoms with van der Waals surface area (Å²) in [7, 11) is 0. The zero-order valence-corrected chi connectivity index (χ0v) is 13.0. The van der Waals surface area contributed by atoms with E-state index in [1.54, 1.807) is 31.2 Å². The number of amides is 2. The van der Waals surface area contributed by atoms with E-state index in [1.165, 1.54) is 0 Å². The molecule has 0 heterocycles. The van der Waals surface area contributed by atoms with Crippen LogP contribution in [0, 0.1) is 5.41 Å². The smallest absolute Gasteiger partial charge is 0.231 e. The van der Waals surface area contributed by atoms with E-state index in [4.69, 9.17) is 5.73 Å². The van der Waals surface area contributed by atoms with E-state index >= 15 is 0 Å². The third kappa shape index (κ3) is 4.29. The summed E-state index contributed by atoms with van der Waals surface area (Å²) >= 11 is 0. The van der Waals surface area contributed by atoms with Crippen molar-refractivity contribution in [2.45, 2.75) is 40.0 Å². The van der Waals surface area contributed by atoms with Gasteiger partial charge in [0.2, 0.25) is 11.8 Å². The summed E-state index contributed by atoms with van der Waals surface area (Å²) in [6, 6.07) is 7.13. The maximum absolute atomic E-state index is 12.4. The van der Waals surface area contributed by atoms with Crippen LogP contribution >= 0.6 is 0 Å². The maximum Gasteiger partial charge on any atom is 0.231 e. The lowest BCUT2D eigenvalue weighted by atomic mass is 9.81. The van der Waals surface area contributed by atoms with Crippen LogP contribution in [0.5, 0.6) is 0 Å². The first-order valence-electron chi connectivity index (χ1n) is 7.42. The van der Waals surface area contributed by atoms with E-state index in [9.17, 15) is 9.59 Å². The maximum atomic E-state index is 12.4. The fourth-order valence-corrected chi connectivity index (χ4v) is 2.14. The summed E-state index contributed by atoms with van der Waals surface area (Å²) < 4.78 is 0. The summed E-state index contributed by atoms with van der Waals surface area (Å²) in [5.74, 6) is -0.133. The highest BCUT2D eigenvalue weighted by Crippen LogP contribution is 2.27. The second-order valence-corrected chi connectivity index (χ2v) is 5.13. The highest BCUT2D eigenvalue weighted by Gasteiger charge is 2.33. The molecule has 1 aromatic rings. The fraction of sp³-hybridized carbons (Fsp3) is 0.500. The summed E-state index contributed by atoms with van der Waals surface area (Å²) in [5, 5.41) is 5.67. The Kier molecular flexibility index (Phi) is 6.37. The first kappa shape index (κ1) is 17.2. The van der Waals surface area contributed by atoms with Crippen LogP contribution in [0.2, 0.25) is 0 Å². The molecule has 0 saturated heterocycles. The van der Waals surface area contributed by atoms with Crippen LogP contribution in [0.4, 0.5) is 11.4 Å². The largest absolute Gasteiger partial charge is 0.329 e. The van der Waals surface area contributed by atoms with E-state index in [2.05, 4.69) is 10.6 Å². The molecule has 0 fully saturated rings. The van der Waals surface area contributed by atoms with Gasteiger partial charge < -0.3 is 16.4 Å². The van der Waals surface area contributed by atoms with Crippen molar-refractivity contribution in [1.82, 2.24) is 0 Å². The predicted molar refractivity (Wildman–Crippen MR) is 86.1 cm³/mol. The second-order valence-electron chi connectivity index (χ2n) is 5.13. The van der Waals surface area contributed by atoms with Gasteiger partial charge >= 0.3 is 0 Å². The van der Waals surface area contributed by atoms with Crippen molar-refractivity contribution in [3.05, 3.63) is 24.3 Å². The molecule has 4 N–H and O–H groups in total. The van der Waals surface area contributed by atoms with Gasteiger partial charge in [-0.15, -0.1) is 0 Å². The standard InChI is InChI=1S/C16H25N3O2/c1-4-14(20)18-12-8-7-9-13(10-12)19-15(21)16(5-2,6-3)11-17/h7-10H,4-6,11,17H2,1-3H3,(H,18,20)(H,19,21). The first-order valence-corrected chi connectivity index (χ1v) is 7.42. The number of carbonyl (C=O) groups is 2. The van der Waals surface area contributed by atoms with Gasteiger partial charge in [-0.05, 0) is 31.0 Å². The van der Waals surface area contributed by atoms with Crippen LogP contribution in [0.1, 0.15) is 40.0 Å². The van der Waals surface area contributed by atoms with Crippen LogP contribution in [-0.4, -0.2) is 18.4 Å². The van der Waals surface area contributed by atoms with Crippen LogP contribution in [-0.2, 0) is 9.59 Å². The SMILES string of the molecule is CCC(=O)Nc1cccc(NC(=O)C(CC)(CC)CN)c1. The second kappa shape index (κ2) is 7.78. The van der Waals surface area contributed by atoms with Crippen molar-refractivity contribution in [1.29, 1.82) is 0 Å². The Morgan fingerprint density at radius 2 is 1.67 bits per heavy atom. The minimum atomic E-state index is -0.539. The number of hydrogen-bond donors (Lipinski definition) is 3. The van der Waals surface area contributed by atoms with Crippen molar-refractivity contribution in [2.75, 3.05) is 17.2 Å². The molecule has 0 spiro atoms. The molecule has 21 heavy (non-hydrogen) atoms. The number of nitrogens with two attached hydrogens (primary N) is 1. The van der Waals surface area contributed by atoms with Crippen molar-refractivity contribution in [3.8, 4) is 0 Å². The number of nitrogens with one attached hydrogen (secondary N) is 2. The zero-order valence-electron chi connectivity index (χ0n) is 13.0. The van der Waals surface area contributed by atoms with Crippen LogP contribution in [0.15, 0.2) is 24.3 Å². The molecular formula is C16H25N3O2. The lowest BCUT2D eigenvalue weighted by Crippen LogP contribution is -2.41. The Morgan fingerprint density at radius 3 is 2.14 bits per heavy atom. The van der Waals surface area contributed by atoms with Crippen LogP contribution in [0.25, 0.3) is 0 Å². The molecule has 1 rings (SSSR count). The number of rotatable bonds is 7. The molecule has 0 saturated carbocycles. The Morgan fingerprint density at radius 1 is 1.10 bits per heavy atom. The van der Waals surface area contributed by atoms with Gasteiger partial charge in [0.05, 0.1) is 5.41 Å². The molecule has 5 heteroatoms. The topological polar surface area (TPSA) is 84.2 Å². The zero-order chi connectivity index (χ0) is 15.9. The summed E-state index contributed by atoms with van der Waals surface area (Å²) in [6.07, 6.45) is 1.80. The molecule has 2 amide bonds. The Labute approximate surface area is 126 Å². The van der Waals surface area contributed by atoms with Gasteiger partial charge in [-0.1, -0.05) is 26.8 Å². The molecule has 0 bridgehead atoms. The molecule has 0 aromatic heterocycles. The van der Waals surface area contributed by atoms with Gasteiger partial charge in [0.25, 0.3) is 0 Å². The fourth-order valence-electron chi connectivity index (χ4n) is 2.14. The van der Waals surface area contributed by atoms with Gasteiger partial charge in [0.15, 0.2) is 0 Å². The lowest BCUT2D eigenvalue weighted by Gasteiger charge is -2.28. The third-order valence-corrected chi connectivity index (χ3v) is 3.95. The molecule has 5 nitrogen and oxygen atoms in total. The normalized spacial score (nSPS) is 11.0.